The molecule has 0 atom stereocenters. The van der Waals surface area contributed by atoms with Crippen molar-refractivity contribution in [2.45, 2.75) is 32.6 Å². The summed E-state index contributed by atoms with van der Waals surface area (Å²) >= 11 is 0. The summed E-state index contributed by atoms with van der Waals surface area (Å²) in [6, 6.07) is 0. The van der Waals surface area contributed by atoms with Crippen molar-refractivity contribution < 1.29 is 0 Å². The summed E-state index contributed by atoms with van der Waals surface area (Å²) < 4.78 is 0. The van der Waals surface area contributed by atoms with Crippen LogP contribution < -0.4 is 0 Å². The molecule has 0 N–H and O–H groups in total. The monoisotopic (exact) mass is 276 g/mol. The fourth-order valence-corrected chi connectivity index (χ4v) is 2.30. The van der Waals surface area contributed by atoms with Gasteiger partial charge in [0, 0.05) is 0 Å². The van der Waals surface area contributed by atoms with E-state index in [-0.39, 0.29) is 0 Å². The molecule has 0 amide bonds. The van der Waals surface area contributed by atoms with Crippen LogP contribution in [0.5, 0.6) is 0 Å². The summed E-state index contributed by atoms with van der Waals surface area (Å²) in [7, 11) is 0. The second-order valence-corrected chi connectivity index (χ2v) is 5.52. The Morgan fingerprint density at radius 3 is 2.95 bits per heavy atom. The van der Waals surface area contributed by atoms with Crippen molar-refractivity contribution in [2.24, 2.45) is 0 Å². The molecule has 0 heterocycles. The lowest BCUT2D eigenvalue weighted by Gasteiger charge is -1.98. The van der Waals surface area contributed by atoms with E-state index in [1.54, 1.807) is 0 Å². The van der Waals surface area contributed by atoms with Gasteiger partial charge in [0.15, 0.2) is 0 Å². The fourth-order valence-electron chi connectivity index (χ4n) is 2.30. The molecule has 0 aliphatic heterocycles. The zero-order chi connectivity index (χ0) is 14.9. The van der Waals surface area contributed by atoms with Crippen molar-refractivity contribution >= 4 is 0 Å². The molecule has 0 radical (unpaired) electrons. The van der Waals surface area contributed by atoms with E-state index in [0.29, 0.717) is 0 Å². The summed E-state index contributed by atoms with van der Waals surface area (Å²) in [5, 5.41) is 0. The number of allylic oxidation sites excluding steroid dienone is 15. The molecular weight excluding hydrogens is 252 g/mol. The van der Waals surface area contributed by atoms with Crippen LogP contribution in [0.3, 0.4) is 0 Å². The van der Waals surface area contributed by atoms with Crippen molar-refractivity contribution in [1.82, 2.24) is 0 Å². The average molecular weight is 276 g/mol. The van der Waals surface area contributed by atoms with Crippen LogP contribution in [-0.2, 0) is 0 Å². The van der Waals surface area contributed by atoms with E-state index in [1.807, 2.05) is 0 Å². The van der Waals surface area contributed by atoms with Crippen LogP contribution in [0.15, 0.2) is 95.7 Å². The Kier molecular flexibility index (Phi) is 6.02. The summed E-state index contributed by atoms with van der Waals surface area (Å²) in [5.41, 5.74) is 5.19. The van der Waals surface area contributed by atoms with E-state index in [2.05, 4.69) is 80.3 Å². The van der Waals surface area contributed by atoms with E-state index in [0.717, 1.165) is 31.3 Å². The first-order chi connectivity index (χ1) is 10.2. The van der Waals surface area contributed by atoms with Gasteiger partial charge in [-0.15, -0.1) is 0 Å². The molecule has 0 aromatic carbocycles. The zero-order valence-corrected chi connectivity index (χ0v) is 12.9. The van der Waals surface area contributed by atoms with Gasteiger partial charge in [-0.25, -0.2) is 0 Å². The van der Waals surface area contributed by atoms with Crippen LogP contribution in [-0.4, -0.2) is 0 Å². The SMILES string of the molecule is C=C(/C=C\CCC1=CCC=C(C)C=C1)/C=C/C1=CC=CC1. The van der Waals surface area contributed by atoms with Crippen LogP contribution in [0.1, 0.15) is 32.6 Å². The minimum absolute atomic E-state index is 1.04. The largest absolute Gasteiger partial charge is 0.0918 e. The van der Waals surface area contributed by atoms with Gasteiger partial charge in [-0.2, -0.15) is 0 Å². The van der Waals surface area contributed by atoms with E-state index >= 15 is 0 Å². The lowest BCUT2D eigenvalue weighted by molar-refractivity contribution is 0.999. The van der Waals surface area contributed by atoms with Crippen LogP contribution >= 0.6 is 0 Å². The molecule has 2 rings (SSSR count). The van der Waals surface area contributed by atoms with Gasteiger partial charge in [0.1, 0.15) is 0 Å². The smallest absolute Gasteiger partial charge is 0.00943 e. The standard InChI is InChI=1S/C21H24/c1-18(14-16-20-11-5-6-12-20)8-3-4-10-21-13-7-9-19(2)15-17-21/h3,5-6,8-9,11,13-17H,1,4,7,10,12H2,2H3/b8-3-,16-14+. The Morgan fingerprint density at radius 1 is 1.24 bits per heavy atom. The second-order valence-electron chi connectivity index (χ2n) is 5.52. The minimum Gasteiger partial charge on any atom is -0.0918 e. The maximum atomic E-state index is 4.07. The zero-order valence-electron chi connectivity index (χ0n) is 12.9. The van der Waals surface area contributed by atoms with Crippen molar-refractivity contribution in [3.8, 4) is 0 Å². The first-order valence-corrected chi connectivity index (χ1v) is 7.67. The molecule has 2 aliphatic rings. The van der Waals surface area contributed by atoms with Crippen molar-refractivity contribution in [3.05, 3.63) is 95.7 Å². The van der Waals surface area contributed by atoms with Crippen molar-refractivity contribution in [3.63, 3.8) is 0 Å². The molecule has 0 saturated carbocycles. The van der Waals surface area contributed by atoms with Crippen molar-refractivity contribution in [1.29, 1.82) is 0 Å². The highest BCUT2D eigenvalue weighted by Gasteiger charge is 1.95. The maximum Gasteiger partial charge on any atom is -0.00943 e. The highest BCUT2D eigenvalue weighted by atomic mass is 14.0. The molecule has 2 aliphatic carbocycles. The molecule has 0 fully saturated rings. The van der Waals surface area contributed by atoms with Crippen molar-refractivity contribution in [2.75, 3.05) is 0 Å². The lowest BCUT2D eigenvalue weighted by atomic mass is 10.1. The average Bonchev–Trinajstić information content (AvgIpc) is 2.91. The molecule has 0 bridgehead atoms. The highest BCUT2D eigenvalue weighted by molar-refractivity contribution is 5.37. The number of rotatable bonds is 6. The molecule has 0 saturated heterocycles. The Morgan fingerprint density at radius 2 is 2.14 bits per heavy atom. The van der Waals surface area contributed by atoms with Gasteiger partial charge in [-0.3, -0.25) is 0 Å². The number of hydrogen-bond donors (Lipinski definition) is 0. The predicted molar refractivity (Wildman–Crippen MR) is 94.1 cm³/mol. The van der Waals surface area contributed by atoms with Gasteiger partial charge >= 0.3 is 0 Å². The molecule has 0 heteroatoms. The quantitative estimate of drug-likeness (QED) is 0.510. The molecule has 108 valence electrons. The highest BCUT2D eigenvalue weighted by Crippen LogP contribution is 2.16. The minimum atomic E-state index is 1.04. The van der Waals surface area contributed by atoms with Gasteiger partial charge < -0.3 is 0 Å². The lowest BCUT2D eigenvalue weighted by Crippen LogP contribution is -1.78. The molecule has 0 nitrogen and oxygen atoms in total. The van der Waals surface area contributed by atoms with E-state index in [4.69, 9.17) is 0 Å². The Bertz CT molecular complexity index is 584. The molecule has 0 aromatic rings. The number of hydrogen-bond acceptors (Lipinski definition) is 0. The van der Waals surface area contributed by atoms with E-state index in [1.165, 1.54) is 16.7 Å². The molecule has 21 heavy (non-hydrogen) atoms. The topological polar surface area (TPSA) is 0 Å². The first-order valence-electron chi connectivity index (χ1n) is 7.67. The third-order valence-electron chi connectivity index (χ3n) is 3.62. The summed E-state index contributed by atoms with van der Waals surface area (Å²) in [6.45, 7) is 6.22. The summed E-state index contributed by atoms with van der Waals surface area (Å²) in [5.74, 6) is 0. The maximum absolute atomic E-state index is 4.07. The van der Waals surface area contributed by atoms with Crippen LogP contribution in [0.4, 0.5) is 0 Å². The Hall–Kier alpha value is -2.08. The third kappa shape index (κ3) is 5.83. The second kappa shape index (κ2) is 8.26. The van der Waals surface area contributed by atoms with Gasteiger partial charge in [0.05, 0.1) is 0 Å². The van der Waals surface area contributed by atoms with E-state index < -0.39 is 0 Å². The predicted octanol–water partition coefficient (Wildman–Crippen LogP) is 6.15. The summed E-state index contributed by atoms with van der Waals surface area (Å²) in [4.78, 5) is 0. The fraction of sp³-hybridized carbons (Fsp3) is 0.238. The van der Waals surface area contributed by atoms with Gasteiger partial charge in [-0.05, 0) is 43.8 Å². The third-order valence-corrected chi connectivity index (χ3v) is 3.62. The summed E-state index contributed by atoms with van der Waals surface area (Å²) in [6.07, 6.45) is 28.3. The van der Waals surface area contributed by atoms with Gasteiger partial charge in [0.25, 0.3) is 0 Å². The first kappa shape index (κ1) is 15.3. The molecule has 0 unspecified atom stereocenters. The Labute approximate surface area is 129 Å². The van der Waals surface area contributed by atoms with Crippen LogP contribution in [0.2, 0.25) is 0 Å². The normalized spacial score (nSPS) is 18.0. The molecular formula is C21H24. The molecule has 0 aromatic heterocycles. The van der Waals surface area contributed by atoms with E-state index in [9.17, 15) is 0 Å². The molecule has 0 spiro atoms. The van der Waals surface area contributed by atoms with Crippen LogP contribution in [0, 0.1) is 0 Å². The van der Waals surface area contributed by atoms with Gasteiger partial charge in [-0.1, -0.05) is 84.6 Å². The van der Waals surface area contributed by atoms with Gasteiger partial charge in [0.2, 0.25) is 0 Å². The van der Waals surface area contributed by atoms with Crippen LogP contribution in [0.25, 0.3) is 0 Å². The Balaban J connectivity index is 1.71.